The predicted molar refractivity (Wildman–Crippen MR) is 48.5 cm³/mol. The van der Waals surface area contributed by atoms with Crippen LogP contribution in [0.3, 0.4) is 0 Å². The highest BCUT2D eigenvalue weighted by atomic mass is 16.5. The molecule has 1 aliphatic carbocycles. The molecule has 1 saturated carbocycles. The van der Waals surface area contributed by atoms with Gasteiger partial charge in [0, 0.05) is 6.07 Å². The molecule has 3 nitrogen and oxygen atoms in total. The van der Waals surface area contributed by atoms with Crippen LogP contribution < -0.4 is 4.74 Å². The molecule has 1 fully saturated rings. The number of pyridine rings is 1. The van der Waals surface area contributed by atoms with E-state index >= 15 is 0 Å². The van der Waals surface area contributed by atoms with Crippen LogP contribution in [0.1, 0.15) is 25.0 Å². The molecule has 1 aromatic heterocycles. The zero-order valence-electron chi connectivity index (χ0n) is 7.66. The van der Waals surface area contributed by atoms with Crippen LogP contribution in [0.2, 0.25) is 0 Å². The Kier molecular flexibility index (Phi) is 1.96. The topological polar surface area (TPSA) is 42.4 Å². The Bertz CT molecular complexity index is 308. The van der Waals surface area contributed by atoms with Crippen LogP contribution in [0.15, 0.2) is 18.2 Å². The number of ether oxygens (including phenoxy) is 1. The maximum atomic E-state index is 9.98. The zero-order chi connectivity index (χ0) is 9.31. The molecule has 0 unspecified atom stereocenters. The molecular weight excluding hydrogens is 166 g/mol. The van der Waals surface area contributed by atoms with E-state index in [1.54, 1.807) is 13.2 Å². The highest BCUT2D eigenvalue weighted by Crippen LogP contribution is 2.40. The van der Waals surface area contributed by atoms with Gasteiger partial charge in [0.2, 0.25) is 5.88 Å². The Morgan fingerprint density at radius 2 is 2.23 bits per heavy atom. The SMILES string of the molecule is COc1cccc(C2(O)CCC2)n1. The standard InChI is InChI=1S/C10H13NO2/c1-13-9-5-2-4-8(11-9)10(12)6-3-7-10/h2,4-5,12H,3,6-7H2,1H3. The van der Waals surface area contributed by atoms with Crippen molar-refractivity contribution in [2.75, 3.05) is 7.11 Å². The quantitative estimate of drug-likeness (QED) is 0.747. The molecule has 70 valence electrons. The second-order valence-corrected chi connectivity index (χ2v) is 3.45. The molecule has 1 aliphatic rings. The van der Waals surface area contributed by atoms with E-state index in [-0.39, 0.29) is 0 Å². The summed E-state index contributed by atoms with van der Waals surface area (Å²) in [6.45, 7) is 0. The van der Waals surface area contributed by atoms with Crippen LogP contribution in [0.25, 0.3) is 0 Å². The number of rotatable bonds is 2. The molecule has 0 aliphatic heterocycles. The summed E-state index contributed by atoms with van der Waals surface area (Å²) in [7, 11) is 1.58. The fraction of sp³-hybridized carbons (Fsp3) is 0.500. The molecule has 0 radical (unpaired) electrons. The van der Waals surface area contributed by atoms with Crippen molar-refractivity contribution in [3.63, 3.8) is 0 Å². The fourth-order valence-corrected chi connectivity index (χ4v) is 1.56. The van der Waals surface area contributed by atoms with Crippen molar-refractivity contribution in [1.29, 1.82) is 0 Å². The first kappa shape index (κ1) is 8.51. The molecule has 1 N–H and O–H groups in total. The van der Waals surface area contributed by atoms with Crippen molar-refractivity contribution in [3.05, 3.63) is 23.9 Å². The van der Waals surface area contributed by atoms with Gasteiger partial charge in [-0.05, 0) is 25.3 Å². The van der Waals surface area contributed by atoms with Gasteiger partial charge in [0.25, 0.3) is 0 Å². The third kappa shape index (κ3) is 1.40. The van der Waals surface area contributed by atoms with E-state index in [0.29, 0.717) is 5.88 Å². The Morgan fingerprint density at radius 1 is 1.46 bits per heavy atom. The lowest BCUT2D eigenvalue weighted by Gasteiger charge is -2.35. The molecule has 0 bridgehead atoms. The minimum atomic E-state index is -0.686. The van der Waals surface area contributed by atoms with E-state index in [1.165, 1.54) is 0 Å². The number of methoxy groups -OCH3 is 1. The summed E-state index contributed by atoms with van der Waals surface area (Å²) in [5, 5.41) is 9.98. The summed E-state index contributed by atoms with van der Waals surface area (Å²) >= 11 is 0. The smallest absolute Gasteiger partial charge is 0.213 e. The first-order valence-electron chi connectivity index (χ1n) is 4.48. The Hall–Kier alpha value is -1.09. The van der Waals surface area contributed by atoms with Gasteiger partial charge >= 0.3 is 0 Å². The number of aliphatic hydroxyl groups is 1. The monoisotopic (exact) mass is 179 g/mol. The Labute approximate surface area is 77.4 Å². The van der Waals surface area contributed by atoms with Crippen molar-refractivity contribution < 1.29 is 9.84 Å². The molecule has 0 aromatic carbocycles. The van der Waals surface area contributed by atoms with E-state index < -0.39 is 5.60 Å². The highest BCUT2D eigenvalue weighted by molar-refractivity contribution is 5.22. The third-order valence-corrected chi connectivity index (χ3v) is 2.59. The van der Waals surface area contributed by atoms with Gasteiger partial charge in [0.15, 0.2) is 0 Å². The van der Waals surface area contributed by atoms with Crippen molar-refractivity contribution >= 4 is 0 Å². The number of nitrogens with zero attached hydrogens (tertiary/aromatic N) is 1. The Balaban J connectivity index is 2.29. The lowest BCUT2D eigenvalue weighted by molar-refractivity contribution is -0.0429. The molecule has 0 amide bonds. The number of aromatic nitrogens is 1. The summed E-state index contributed by atoms with van der Waals surface area (Å²) in [4.78, 5) is 4.21. The largest absolute Gasteiger partial charge is 0.481 e. The van der Waals surface area contributed by atoms with Crippen LogP contribution in [0, 0.1) is 0 Å². The maximum Gasteiger partial charge on any atom is 0.213 e. The molecule has 1 aromatic rings. The molecule has 0 saturated heterocycles. The van der Waals surface area contributed by atoms with Crippen LogP contribution in [-0.2, 0) is 5.60 Å². The molecule has 0 spiro atoms. The minimum Gasteiger partial charge on any atom is -0.481 e. The van der Waals surface area contributed by atoms with Crippen LogP contribution in [0.4, 0.5) is 0 Å². The molecular formula is C10H13NO2. The normalized spacial score (nSPS) is 19.2. The Morgan fingerprint density at radius 3 is 2.77 bits per heavy atom. The summed E-state index contributed by atoms with van der Waals surface area (Å²) in [6.07, 6.45) is 2.70. The van der Waals surface area contributed by atoms with E-state index in [4.69, 9.17) is 4.74 Å². The number of hydrogen-bond donors (Lipinski definition) is 1. The summed E-state index contributed by atoms with van der Waals surface area (Å²) < 4.78 is 5.00. The van der Waals surface area contributed by atoms with Crippen LogP contribution in [0.5, 0.6) is 5.88 Å². The van der Waals surface area contributed by atoms with Crippen LogP contribution in [-0.4, -0.2) is 17.2 Å². The summed E-state index contributed by atoms with van der Waals surface area (Å²) in [5.74, 6) is 0.567. The third-order valence-electron chi connectivity index (χ3n) is 2.59. The van der Waals surface area contributed by atoms with Gasteiger partial charge < -0.3 is 9.84 Å². The number of hydrogen-bond acceptors (Lipinski definition) is 3. The molecule has 3 heteroatoms. The zero-order valence-corrected chi connectivity index (χ0v) is 7.66. The van der Waals surface area contributed by atoms with Crippen molar-refractivity contribution in [1.82, 2.24) is 4.98 Å². The van der Waals surface area contributed by atoms with Gasteiger partial charge in [0.1, 0.15) is 5.60 Å². The first-order chi connectivity index (χ1) is 6.24. The summed E-state index contributed by atoms with van der Waals surface area (Å²) in [5.41, 5.74) is 0.0484. The van der Waals surface area contributed by atoms with E-state index in [1.807, 2.05) is 12.1 Å². The van der Waals surface area contributed by atoms with E-state index in [2.05, 4.69) is 4.98 Å². The van der Waals surface area contributed by atoms with E-state index in [0.717, 1.165) is 25.0 Å². The maximum absolute atomic E-state index is 9.98. The molecule has 1 heterocycles. The summed E-state index contributed by atoms with van der Waals surface area (Å²) in [6, 6.07) is 5.49. The second kappa shape index (κ2) is 3.00. The molecule has 2 rings (SSSR count). The van der Waals surface area contributed by atoms with Crippen LogP contribution >= 0.6 is 0 Å². The van der Waals surface area contributed by atoms with Crippen molar-refractivity contribution in [3.8, 4) is 5.88 Å². The average molecular weight is 179 g/mol. The first-order valence-corrected chi connectivity index (χ1v) is 4.48. The average Bonchev–Trinajstić information content (AvgIpc) is 2.14. The lowest BCUT2D eigenvalue weighted by Crippen LogP contribution is -2.34. The minimum absolute atomic E-state index is 0.567. The van der Waals surface area contributed by atoms with Crippen molar-refractivity contribution in [2.24, 2.45) is 0 Å². The van der Waals surface area contributed by atoms with Crippen molar-refractivity contribution in [2.45, 2.75) is 24.9 Å². The van der Waals surface area contributed by atoms with Gasteiger partial charge in [-0.15, -0.1) is 0 Å². The molecule has 13 heavy (non-hydrogen) atoms. The highest BCUT2D eigenvalue weighted by Gasteiger charge is 2.37. The van der Waals surface area contributed by atoms with Gasteiger partial charge in [-0.2, -0.15) is 0 Å². The van der Waals surface area contributed by atoms with E-state index in [9.17, 15) is 5.11 Å². The van der Waals surface area contributed by atoms with Gasteiger partial charge in [-0.1, -0.05) is 6.07 Å². The van der Waals surface area contributed by atoms with Gasteiger partial charge in [-0.3, -0.25) is 0 Å². The predicted octanol–water partition coefficient (Wildman–Crippen LogP) is 1.46. The lowest BCUT2D eigenvalue weighted by atomic mass is 9.77. The van der Waals surface area contributed by atoms with Gasteiger partial charge in [-0.25, -0.2) is 4.98 Å². The second-order valence-electron chi connectivity index (χ2n) is 3.45. The molecule has 0 atom stereocenters. The fourth-order valence-electron chi connectivity index (χ4n) is 1.56. The van der Waals surface area contributed by atoms with Gasteiger partial charge in [0.05, 0.1) is 12.8 Å².